The van der Waals surface area contributed by atoms with Gasteiger partial charge in [0.25, 0.3) is 0 Å². The molecule has 2 rings (SSSR count). The van der Waals surface area contributed by atoms with Crippen LogP contribution in [0.3, 0.4) is 0 Å². The molecule has 0 aliphatic carbocycles. The first kappa shape index (κ1) is 16.7. The van der Waals surface area contributed by atoms with Crippen LogP contribution < -0.4 is 5.32 Å². The fourth-order valence-electron chi connectivity index (χ4n) is 3.48. The van der Waals surface area contributed by atoms with Gasteiger partial charge in [-0.15, -0.1) is 0 Å². The van der Waals surface area contributed by atoms with Crippen molar-refractivity contribution < 1.29 is 13.2 Å². The summed E-state index contributed by atoms with van der Waals surface area (Å²) in [7, 11) is -1.39. The smallest absolute Gasteiger partial charge is 0.241 e. The van der Waals surface area contributed by atoms with Crippen LogP contribution in [0.15, 0.2) is 0 Å². The lowest BCUT2D eigenvalue weighted by atomic mass is 9.96. The predicted molar refractivity (Wildman–Crippen MR) is 82.4 cm³/mol. The average Bonchev–Trinajstić information content (AvgIpc) is 2.46. The minimum atomic E-state index is -3.31. The van der Waals surface area contributed by atoms with Crippen LogP contribution in [0.4, 0.5) is 0 Å². The minimum Gasteiger partial charge on any atom is -0.341 e. The zero-order valence-electron chi connectivity index (χ0n) is 13.0. The maximum Gasteiger partial charge on any atom is 0.241 e. The number of carbonyl (C=O) groups is 1. The van der Waals surface area contributed by atoms with Crippen LogP contribution in [-0.2, 0) is 14.8 Å². The van der Waals surface area contributed by atoms with Crippen LogP contribution in [0.5, 0.6) is 0 Å². The van der Waals surface area contributed by atoms with E-state index < -0.39 is 16.1 Å². The molecule has 0 aromatic carbocycles. The van der Waals surface area contributed by atoms with E-state index in [4.69, 9.17) is 0 Å². The van der Waals surface area contributed by atoms with Crippen LogP contribution in [0.2, 0.25) is 0 Å². The summed E-state index contributed by atoms with van der Waals surface area (Å²) in [6.45, 7) is 2.88. The second-order valence-electron chi connectivity index (χ2n) is 6.24. The van der Waals surface area contributed by atoms with Gasteiger partial charge in [-0.05, 0) is 45.2 Å². The Bertz CT molecular complexity index is 464. The second-order valence-corrected chi connectivity index (χ2v) is 8.17. The van der Waals surface area contributed by atoms with Gasteiger partial charge in [0.1, 0.15) is 6.04 Å². The molecule has 6 nitrogen and oxygen atoms in total. The Morgan fingerprint density at radius 2 is 1.95 bits per heavy atom. The lowest BCUT2D eigenvalue weighted by Crippen LogP contribution is -2.54. The molecule has 2 fully saturated rings. The highest BCUT2D eigenvalue weighted by molar-refractivity contribution is 7.88. The van der Waals surface area contributed by atoms with Crippen molar-refractivity contribution in [3.63, 3.8) is 0 Å². The molecule has 122 valence electrons. The zero-order chi connectivity index (χ0) is 15.5. The first-order valence-corrected chi connectivity index (χ1v) is 9.68. The van der Waals surface area contributed by atoms with Crippen LogP contribution in [0, 0.1) is 5.92 Å². The van der Waals surface area contributed by atoms with Crippen LogP contribution in [-0.4, -0.2) is 69.1 Å². The van der Waals surface area contributed by atoms with Gasteiger partial charge < -0.3 is 10.2 Å². The molecule has 2 saturated heterocycles. The average molecular weight is 317 g/mol. The van der Waals surface area contributed by atoms with E-state index in [1.165, 1.54) is 10.6 Å². The zero-order valence-corrected chi connectivity index (χ0v) is 13.9. The molecule has 0 radical (unpaired) electrons. The van der Waals surface area contributed by atoms with Crippen molar-refractivity contribution in [2.24, 2.45) is 5.92 Å². The number of nitrogens with zero attached hydrogens (tertiary/aromatic N) is 2. The third-order valence-electron chi connectivity index (χ3n) is 4.49. The maximum atomic E-state index is 12.8. The van der Waals surface area contributed by atoms with Gasteiger partial charge >= 0.3 is 0 Å². The molecule has 0 aromatic rings. The molecule has 2 aliphatic heterocycles. The van der Waals surface area contributed by atoms with Crippen molar-refractivity contribution in [2.75, 3.05) is 39.5 Å². The highest BCUT2D eigenvalue weighted by atomic mass is 32.2. The highest BCUT2D eigenvalue weighted by Crippen LogP contribution is 2.24. The molecule has 0 spiro atoms. The van der Waals surface area contributed by atoms with Gasteiger partial charge in [-0.1, -0.05) is 6.42 Å². The van der Waals surface area contributed by atoms with Crippen molar-refractivity contribution in [2.45, 2.75) is 38.1 Å². The number of piperidine rings is 2. The Morgan fingerprint density at radius 1 is 1.19 bits per heavy atom. The third-order valence-corrected chi connectivity index (χ3v) is 5.78. The van der Waals surface area contributed by atoms with E-state index in [1.807, 2.05) is 11.9 Å². The number of likely N-dealkylation sites (tertiary alicyclic amines) is 1. The molecule has 2 atom stereocenters. The van der Waals surface area contributed by atoms with Crippen molar-refractivity contribution in [1.29, 1.82) is 0 Å². The Balaban J connectivity index is 2.06. The SMILES string of the molecule is CNC[C@H]1CCCN(C(=O)[C@@H]2CCCCN2S(C)(=O)=O)C1. The first-order valence-electron chi connectivity index (χ1n) is 7.83. The minimum absolute atomic E-state index is 0.000859. The number of hydrogen-bond donors (Lipinski definition) is 1. The van der Waals surface area contributed by atoms with Gasteiger partial charge in [0.15, 0.2) is 0 Å². The fraction of sp³-hybridized carbons (Fsp3) is 0.929. The second kappa shape index (κ2) is 7.07. The van der Waals surface area contributed by atoms with E-state index in [-0.39, 0.29) is 5.91 Å². The Morgan fingerprint density at radius 3 is 2.62 bits per heavy atom. The standard InChI is InChI=1S/C14H27N3O3S/c1-15-10-12-6-5-8-16(11-12)14(18)13-7-3-4-9-17(13)21(2,19)20/h12-13,15H,3-11H2,1-2H3/t12-,13+/m1/s1. The molecule has 1 N–H and O–H groups in total. The lowest BCUT2D eigenvalue weighted by Gasteiger charge is -2.39. The van der Waals surface area contributed by atoms with Crippen LogP contribution in [0.25, 0.3) is 0 Å². The van der Waals surface area contributed by atoms with Crippen molar-refractivity contribution in [3.8, 4) is 0 Å². The molecule has 7 heteroatoms. The molecule has 0 aromatic heterocycles. The Hall–Kier alpha value is -0.660. The monoisotopic (exact) mass is 317 g/mol. The Kier molecular flexibility index (Phi) is 5.62. The summed E-state index contributed by atoms with van der Waals surface area (Å²) in [5.41, 5.74) is 0. The summed E-state index contributed by atoms with van der Waals surface area (Å²) in [5.74, 6) is 0.476. The molecule has 21 heavy (non-hydrogen) atoms. The van der Waals surface area contributed by atoms with E-state index in [0.29, 0.717) is 18.9 Å². The largest absolute Gasteiger partial charge is 0.341 e. The third kappa shape index (κ3) is 4.17. The molecule has 0 saturated carbocycles. The van der Waals surface area contributed by atoms with E-state index >= 15 is 0 Å². The van der Waals surface area contributed by atoms with E-state index in [1.54, 1.807) is 0 Å². The number of carbonyl (C=O) groups excluding carboxylic acids is 1. The van der Waals surface area contributed by atoms with E-state index in [9.17, 15) is 13.2 Å². The van der Waals surface area contributed by atoms with Gasteiger partial charge in [-0.25, -0.2) is 8.42 Å². The Labute approximate surface area is 127 Å². The maximum absolute atomic E-state index is 12.8. The summed E-state index contributed by atoms with van der Waals surface area (Å²) in [4.78, 5) is 14.6. The molecule has 2 aliphatic rings. The molecule has 0 bridgehead atoms. The number of rotatable bonds is 4. The first-order chi connectivity index (χ1) is 9.93. The number of nitrogens with one attached hydrogen (secondary N) is 1. The number of hydrogen-bond acceptors (Lipinski definition) is 4. The number of amides is 1. The van der Waals surface area contributed by atoms with Crippen molar-refractivity contribution >= 4 is 15.9 Å². The molecular formula is C14H27N3O3S. The molecular weight excluding hydrogens is 290 g/mol. The highest BCUT2D eigenvalue weighted by Gasteiger charge is 2.37. The van der Waals surface area contributed by atoms with Gasteiger partial charge in [0.05, 0.1) is 6.26 Å². The van der Waals surface area contributed by atoms with Gasteiger partial charge in [-0.2, -0.15) is 4.31 Å². The van der Waals surface area contributed by atoms with Crippen molar-refractivity contribution in [1.82, 2.24) is 14.5 Å². The van der Waals surface area contributed by atoms with Gasteiger partial charge in [-0.3, -0.25) is 4.79 Å². The van der Waals surface area contributed by atoms with Crippen molar-refractivity contribution in [3.05, 3.63) is 0 Å². The van der Waals surface area contributed by atoms with Gasteiger partial charge in [0.2, 0.25) is 15.9 Å². The summed E-state index contributed by atoms with van der Waals surface area (Å²) in [6, 6.07) is -0.484. The summed E-state index contributed by atoms with van der Waals surface area (Å²) in [5, 5.41) is 3.17. The fourth-order valence-corrected chi connectivity index (χ4v) is 4.60. The summed E-state index contributed by atoms with van der Waals surface area (Å²) < 4.78 is 25.2. The predicted octanol–water partition coefficient (Wildman–Crippen LogP) is 0.259. The quantitative estimate of drug-likeness (QED) is 0.807. The number of sulfonamides is 1. The lowest BCUT2D eigenvalue weighted by molar-refractivity contribution is -0.138. The van der Waals surface area contributed by atoms with Crippen LogP contribution >= 0.6 is 0 Å². The normalized spacial score (nSPS) is 28.6. The summed E-state index contributed by atoms with van der Waals surface area (Å²) >= 11 is 0. The topological polar surface area (TPSA) is 69.7 Å². The van der Waals surface area contributed by atoms with E-state index in [0.717, 1.165) is 45.3 Å². The van der Waals surface area contributed by atoms with E-state index in [2.05, 4.69) is 5.32 Å². The van der Waals surface area contributed by atoms with Crippen LogP contribution in [0.1, 0.15) is 32.1 Å². The molecule has 1 amide bonds. The molecule has 2 heterocycles. The molecule has 0 unspecified atom stereocenters. The van der Waals surface area contributed by atoms with Gasteiger partial charge in [0, 0.05) is 19.6 Å². The summed E-state index contributed by atoms with van der Waals surface area (Å²) in [6.07, 6.45) is 5.77.